The number of para-hydroxylation sites is 2. The highest BCUT2D eigenvalue weighted by atomic mass is 79.9. The lowest BCUT2D eigenvalue weighted by molar-refractivity contribution is 0.616. The molecule has 0 bridgehead atoms. The van der Waals surface area contributed by atoms with E-state index in [9.17, 15) is 0 Å². The van der Waals surface area contributed by atoms with Crippen molar-refractivity contribution >= 4 is 37.7 Å². The van der Waals surface area contributed by atoms with Gasteiger partial charge in [0.2, 0.25) is 0 Å². The van der Waals surface area contributed by atoms with Crippen LogP contribution >= 0.6 is 15.9 Å². The van der Waals surface area contributed by atoms with Crippen LogP contribution in [0.15, 0.2) is 162 Å². The number of hydrogen-bond acceptors (Lipinski definition) is 2. The molecule has 1 unspecified atom stereocenters. The van der Waals surface area contributed by atoms with E-state index in [4.69, 9.17) is 0 Å². The SMILES string of the molecule is Brc1ccnc2ccccc12.c1ccc(-c2ccnc3ccccc23)cc1.c1ccc(C2CCCc3ccccc32)cc1. The molecule has 2 nitrogen and oxygen atoms in total. The Morgan fingerprint density at radius 3 is 1.86 bits per heavy atom. The summed E-state index contributed by atoms with van der Waals surface area (Å²) in [4.78, 5) is 8.58. The Labute approximate surface area is 262 Å². The molecule has 210 valence electrons. The second-order valence-corrected chi connectivity index (χ2v) is 11.5. The fourth-order valence-corrected chi connectivity index (χ4v) is 6.27. The van der Waals surface area contributed by atoms with E-state index in [-0.39, 0.29) is 0 Å². The zero-order valence-electron chi connectivity index (χ0n) is 24.0. The van der Waals surface area contributed by atoms with Crippen LogP contribution in [0.25, 0.3) is 32.9 Å². The Bertz CT molecular complexity index is 1910. The van der Waals surface area contributed by atoms with E-state index in [2.05, 4.69) is 123 Å². The second kappa shape index (κ2) is 14.0. The third kappa shape index (κ3) is 6.90. The molecule has 1 aliphatic carbocycles. The summed E-state index contributed by atoms with van der Waals surface area (Å²) in [5.41, 5.74) is 9.11. The number of fused-ring (bicyclic) bond motifs is 3. The molecule has 7 aromatic rings. The number of halogens is 1. The Balaban J connectivity index is 0.000000117. The van der Waals surface area contributed by atoms with Gasteiger partial charge in [-0.3, -0.25) is 9.97 Å². The van der Waals surface area contributed by atoms with Gasteiger partial charge in [0.1, 0.15) is 0 Å². The quantitative estimate of drug-likeness (QED) is 0.192. The monoisotopic (exact) mass is 620 g/mol. The van der Waals surface area contributed by atoms with E-state index in [1.807, 2.05) is 54.7 Å². The van der Waals surface area contributed by atoms with Gasteiger partial charge in [-0.2, -0.15) is 0 Å². The Kier molecular flexibility index (Phi) is 9.31. The van der Waals surface area contributed by atoms with E-state index >= 15 is 0 Å². The third-order valence-corrected chi connectivity index (χ3v) is 8.59. The van der Waals surface area contributed by atoms with E-state index < -0.39 is 0 Å². The first-order valence-corrected chi connectivity index (χ1v) is 15.6. The summed E-state index contributed by atoms with van der Waals surface area (Å²) in [5.74, 6) is 0.617. The van der Waals surface area contributed by atoms with Crippen molar-refractivity contribution in [2.75, 3.05) is 0 Å². The van der Waals surface area contributed by atoms with Gasteiger partial charge in [-0.15, -0.1) is 0 Å². The van der Waals surface area contributed by atoms with Crippen LogP contribution in [0.1, 0.15) is 35.4 Å². The summed E-state index contributed by atoms with van der Waals surface area (Å²) >= 11 is 3.46. The van der Waals surface area contributed by atoms with Crippen molar-refractivity contribution in [2.24, 2.45) is 0 Å². The molecule has 2 aromatic heterocycles. The highest BCUT2D eigenvalue weighted by Gasteiger charge is 2.20. The molecule has 43 heavy (non-hydrogen) atoms. The fraction of sp³-hybridized carbons (Fsp3) is 0.100. The third-order valence-electron chi connectivity index (χ3n) is 7.90. The second-order valence-electron chi connectivity index (χ2n) is 10.6. The molecule has 0 fully saturated rings. The van der Waals surface area contributed by atoms with E-state index in [1.165, 1.54) is 41.3 Å². The van der Waals surface area contributed by atoms with Crippen molar-refractivity contribution in [3.05, 3.63) is 179 Å². The van der Waals surface area contributed by atoms with Crippen LogP contribution in [-0.2, 0) is 6.42 Å². The largest absolute Gasteiger partial charge is 0.256 e. The van der Waals surface area contributed by atoms with Crippen molar-refractivity contribution in [2.45, 2.75) is 25.2 Å². The number of nitrogens with zero attached hydrogens (tertiary/aromatic N) is 2. The number of rotatable bonds is 2. The van der Waals surface area contributed by atoms with Crippen LogP contribution in [-0.4, -0.2) is 9.97 Å². The van der Waals surface area contributed by atoms with Gasteiger partial charge in [-0.05, 0) is 71.3 Å². The van der Waals surface area contributed by atoms with Crippen LogP contribution in [0.3, 0.4) is 0 Å². The number of aromatic nitrogens is 2. The normalized spacial score (nSPS) is 13.7. The zero-order valence-corrected chi connectivity index (χ0v) is 25.6. The molecule has 3 heteroatoms. The number of hydrogen-bond donors (Lipinski definition) is 0. The first kappa shape index (κ1) is 28.5. The molecular formula is C40H33BrN2. The lowest BCUT2D eigenvalue weighted by atomic mass is 9.79. The van der Waals surface area contributed by atoms with Gasteiger partial charge >= 0.3 is 0 Å². The molecule has 2 heterocycles. The number of pyridine rings is 2. The van der Waals surface area contributed by atoms with Gasteiger partial charge < -0.3 is 0 Å². The standard InChI is InChI=1S/C16H16.C15H11N.C9H6BrN/c1-2-7-13(8-3-1)16-12-6-10-14-9-4-5-11-15(14)16;1-2-6-12(7-3-1)13-10-11-16-15-9-5-4-8-14(13)15;10-8-5-6-11-9-4-2-1-3-7(8)9/h1-5,7-9,11,16H,6,10,12H2;1-11H;1-6H. The molecule has 0 N–H and O–H groups in total. The molecule has 0 amide bonds. The molecule has 8 rings (SSSR count). The van der Waals surface area contributed by atoms with Crippen molar-refractivity contribution in [3.8, 4) is 11.1 Å². The summed E-state index contributed by atoms with van der Waals surface area (Å²) in [6.45, 7) is 0. The van der Waals surface area contributed by atoms with Crippen LogP contribution in [0.5, 0.6) is 0 Å². The lowest BCUT2D eigenvalue weighted by Crippen LogP contribution is -2.10. The molecule has 1 atom stereocenters. The average molecular weight is 622 g/mol. The summed E-state index contributed by atoms with van der Waals surface area (Å²) in [7, 11) is 0. The zero-order chi connectivity index (χ0) is 29.3. The molecule has 0 aliphatic heterocycles. The summed E-state index contributed by atoms with van der Waals surface area (Å²) in [6.07, 6.45) is 7.52. The smallest absolute Gasteiger partial charge is 0.0713 e. The molecule has 0 saturated heterocycles. The minimum absolute atomic E-state index is 0.617. The highest BCUT2D eigenvalue weighted by molar-refractivity contribution is 9.10. The van der Waals surface area contributed by atoms with Crippen molar-refractivity contribution in [1.29, 1.82) is 0 Å². The van der Waals surface area contributed by atoms with Gasteiger partial charge in [0.25, 0.3) is 0 Å². The van der Waals surface area contributed by atoms with Gasteiger partial charge in [-0.25, -0.2) is 0 Å². The van der Waals surface area contributed by atoms with Crippen LogP contribution in [0, 0.1) is 0 Å². The topological polar surface area (TPSA) is 25.8 Å². The van der Waals surface area contributed by atoms with Crippen molar-refractivity contribution in [3.63, 3.8) is 0 Å². The van der Waals surface area contributed by atoms with Gasteiger partial charge in [-0.1, -0.05) is 137 Å². The minimum Gasteiger partial charge on any atom is -0.256 e. The molecule has 1 aliphatic rings. The predicted molar refractivity (Wildman–Crippen MR) is 184 cm³/mol. The van der Waals surface area contributed by atoms with Crippen LogP contribution in [0.4, 0.5) is 0 Å². The first-order valence-electron chi connectivity index (χ1n) is 14.8. The van der Waals surface area contributed by atoms with Gasteiger partial charge in [0, 0.05) is 33.6 Å². The molecule has 0 spiro atoms. The summed E-state index contributed by atoms with van der Waals surface area (Å²) in [6, 6.07) is 50.5. The fourth-order valence-electron chi connectivity index (χ4n) is 5.81. The highest BCUT2D eigenvalue weighted by Crippen LogP contribution is 2.36. The summed E-state index contributed by atoms with van der Waals surface area (Å²) < 4.78 is 1.10. The maximum absolute atomic E-state index is 4.37. The first-order chi connectivity index (χ1) is 21.3. The lowest BCUT2D eigenvalue weighted by Gasteiger charge is -2.25. The van der Waals surface area contributed by atoms with E-state index in [0.717, 1.165) is 20.9 Å². The molecule has 0 radical (unpaired) electrons. The van der Waals surface area contributed by atoms with E-state index in [1.54, 1.807) is 17.3 Å². The van der Waals surface area contributed by atoms with Gasteiger partial charge in [0.05, 0.1) is 11.0 Å². The number of aryl methyl sites for hydroxylation is 1. The number of benzene rings is 5. The maximum atomic E-state index is 4.37. The predicted octanol–water partition coefficient (Wildman–Crippen LogP) is 11.1. The van der Waals surface area contributed by atoms with Crippen LogP contribution < -0.4 is 0 Å². The maximum Gasteiger partial charge on any atom is 0.0713 e. The Morgan fingerprint density at radius 1 is 0.535 bits per heavy atom. The van der Waals surface area contributed by atoms with Gasteiger partial charge in [0.15, 0.2) is 0 Å². The van der Waals surface area contributed by atoms with Crippen molar-refractivity contribution < 1.29 is 0 Å². The van der Waals surface area contributed by atoms with E-state index in [0.29, 0.717) is 5.92 Å². The Hall–Kier alpha value is -4.60. The molecule has 0 saturated carbocycles. The minimum atomic E-state index is 0.617. The molecule has 5 aromatic carbocycles. The summed E-state index contributed by atoms with van der Waals surface area (Å²) in [5, 5.41) is 2.37. The van der Waals surface area contributed by atoms with Crippen molar-refractivity contribution in [1.82, 2.24) is 9.97 Å². The average Bonchev–Trinajstić information content (AvgIpc) is 3.09. The Morgan fingerprint density at radius 2 is 1.12 bits per heavy atom. The molecular weight excluding hydrogens is 588 g/mol. The van der Waals surface area contributed by atoms with Crippen LogP contribution in [0.2, 0.25) is 0 Å².